The van der Waals surface area contributed by atoms with Crippen molar-refractivity contribution in [3.05, 3.63) is 35.8 Å². The van der Waals surface area contributed by atoms with E-state index in [-0.39, 0.29) is 11.3 Å². The molecule has 0 unspecified atom stereocenters. The summed E-state index contributed by atoms with van der Waals surface area (Å²) in [5.74, 6) is 2.39. The van der Waals surface area contributed by atoms with Crippen LogP contribution in [0.4, 0.5) is 5.82 Å². The Kier molecular flexibility index (Phi) is 4.09. The summed E-state index contributed by atoms with van der Waals surface area (Å²) in [6.45, 7) is 10.3. The van der Waals surface area contributed by atoms with Crippen molar-refractivity contribution < 1.29 is 9.21 Å². The number of carbonyl (C=O) groups is 1. The van der Waals surface area contributed by atoms with Gasteiger partial charge in [-0.15, -0.1) is 15.3 Å². The molecule has 0 aliphatic carbocycles. The minimum absolute atomic E-state index is 0.133. The highest BCUT2D eigenvalue weighted by molar-refractivity contribution is 5.91. The molecule has 9 nitrogen and oxygen atoms in total. The Hall–Kier alpha value is -2.97. The molecule has 1 saturated heterocycles. The quantitative estimate of drug-likeness (QED) is 0.745. The van der Waals surface area contributed by atoms with Crippen molar-refractivity contribution in [1.29, 1.82) is 0 Å². The summed E-state index contributed by atoms with van der Waals surface area (Å²) in [6, 6.07) is 3.90. The number of fused-ring (bicyclic) bond motifs is 1. The third-order valence-corrected chi connectivity index (χ3v) is 4.60. The smallest absolute Gasteiger partial charge is 0.273 e. The molecule has 9 heteroatoms. The third-order valence-electron chi connectivity index (χ3n) is 4.60. The summed E-state index contributed by atoms with van der Waals surface area (Å²) in [7, 11) is 0. The topological polar surface area (TPSA) is 101 Å². The molecule has 0 spiro atoms. The number of hydrogen-bond donors (Lipinski definition) is 1. The fraction of sp³-hybridized carbons (Fsp3) is 0.500. The van der Waals surface area contributed by atoms with E-state index in [1.165, 1.54) is 6.26 Å². The number of rotatable bonds is 4. The lowest BCUT2D eigenvalue weighted by Gasteiger charge is -2.40. The normalized spacial score (nSPS) is 15.2. The first-order chi connectivity index (χ1) is 12.8. The van der Waals surface area contributed by atoms with Crippen LogP contribution in [0, 0.1) is 12.8 Å². The van der Waals surface area contributed by atoms with Gasteiger partial charge in [0.2, 0.25) is 0 Å². The largest absolute Gasteiger partial charge is 0.448 e. The van der Waals surface area contributed by atoms with Crippen LogP contribution in [-0.4, -0.2) is 50.3 Å². The van der Waals surface area contributed by atoms with Crippen molar-refractivity contribution in [2.45, 2.75) is 33.1 Å². The maximum Gasteiger partial charge on any atom is 0.273 e. The minimum Gasteiger partial charge on any atom is -0.448 e. The molecule has 4 heterocycles. The molecular weight excluding hydrogens is 346 g/mol. The van der Waals surface area contributed by atoms with Crippen LogP contribution in [0.5, 0.6) is 0 Å². The molecule has 0 saturated carbocycles. The van der Waals surface area contributed by atoms with Gasteiger partial charge in [0.15, 0.2) is 23.1 Å². The predicted molar refractivity (Wildman–Crippen MR) is 98.8 cm³/mol. The van der Waals surface area contributed by atoms with Crippen LogP contribution in [0.25, 0.3) is 5.65 Å². The summed E-state index contributed by atoms with van der Waals surface area (Å²) >= 11 is 0. The third kappa shape index (κ3) is 3.36. The van der Waals surface area contributed by atoms with Crippen molar-refractivity contribution in [3.8, 4) is 0 Å². The van der Waals surface area contributed by atoms with Crippen LogP contribution in [0.3, 0.4) is 0 Å². The first-order valence-electron chi connectivity index (χ1n) is 8.99. The van der Waals surface area contributed by atoms with Crippen LogP contribution < -0.4 is 10.2 Å². The van der Waals surface area contributed by atoms with Crippen LogP contribution in [0.15, 0.2) is 22.8 Å². The van der Waals surface area contributed by atoms with Gasteiger partial charge in [0, 0.05) is 37.9 Å². The van der Waals surface area contributed by atoms with Gasteiger partial charge in [-0.25, -0.2) is 4.98 Å². The monoisotopic (exact) mass is 369 g/mol. The fourth-order valence-corrected chi connectivity index (χ4v) is 3.10. The Labute approximate surface area is 156 Å². The van der Waals surface area contributed by atoms with Gasteiger partial charge in [-0.2, -0.15) is 4.52 Å². The lowest BCUT2D eigenvalue weighted by Crippen LogP contribution is -2.52. The second-order valence-electron chi connectivity index (χ2n) is 7.97. The number of aromatic nitrogens is 5. The van der Waals surface area contributed by atoms with E-state index in [1.54, 1.807) is 6.92 Å². The second kappa shape index (κ2) is 6.33. The van der Waals surface area contributed by atoms with Crippen molar-refractivity contribution in [2.24, 2.45) is 5.92 Å². The van der Waals surface area contributed by atoms with Crippen molar-refractivity contribution in [1.82, 2.24) is 30.1 Å². The van der Waals surface area contributed by atoms with Crippen molar-refractivity contribution in [2.75, 3.05) is 24.5 Å². The highest BCUT2D eigenvalue weighted by atomic mass is 16.3. The molecule has 0 radical (unpaired) electrons. The standard InChI is InChI=1S/C18H23N7O2/c1-11-20-13(10-27-11)16(26)19-7-12-8-24(9-12)15-6-5-14-21-22-17(18(2,3)4)25(14)23-15/h5-6,10,12H,7-9H2,1-4H3,(H,19,26). The first-order valence-corrected chi connectivity index (χ1v) is 8.99. The molecule has 1 N–H and O–H groups in total. The molecule has 0 bridgehead atoms. The summed E-state index contributed by atoms with van der Waals surface area (Å²) in [6.07, 6.45) is 1.38. The van der Waals surface area contributed by atoms with Gasteiger partial charge < -0.3 is 14.6 Å². The van der Waals surface area contributed by atoms with E-state index in [9.17, 15) is 4.79 Å². The lowest BCUT2D eigenvalue weighted by atomic mass is 9.96. The molecule has 27 heavy (non-hydrogen) atoms. The SMILES string of the molecule is Cc1nc(C(=O)NCC2CN(c3ccc4nnc(C(C)(C)C)n4n3)C2)co1. The molecule has 0 aromatic carbocycles. The Morgan fingerprint density at radius 1 is 1.30 bits per heavy atom. The number of nitrogens with zero attached hydrogens (tertiary/aromatic N) is 6. The summed E-state index contributed by atoms with van der Waals surface area (Å²) in [4.78, 5) is 18.2. The summed E-state index contributed by atoms with van der Waals surface area (Å²) in [5, 5.41) is 16.1. The number of amides is 1. The lowest BCUT2D eigenvalue weighted by molar-refractivity contribution is 0.0939. The van der Waals surface area contributed by atoms with Gasteiger partial charge >= 0.3 is 0 Å². The Morgan fingerprint density at radius 2 is 2.07 bits per heavy atom. The van der Waals surface area contributed by atoms with E-state index in [1.807, 2.05) is 16.6 Å². The van der Waals surface area contributed by atoms with Gasteiger partial charge in [-0.1, -0.05) is 20.8 Å². The molecule has 3 aromatic heterocycles. The number of anilines is 1. The van der Waals surface area contributed by atoms with Crippen LogP contribution in [0.2, 0.25) is 0 Å². The van der Waals surface area contributed by atoms with E-state index >= 15 is 0 Å². The van der Waals surface area contributed by atoms with Gasteiger partial charge in [0.1, 0.15) is 12.1 Å². The molecule has 1 fully saturated rings. The maximum absolute atomic E-state index is 12.0. The Balaban J connectivity index is 1.37. The summed E-state index contributed by atoms with van der Waals surface area (Å²) in [5.41, 5.74) is 0.931. The molecule has 1 aliphatic heterocycles. The molecule has 4 rings (SSSR count). The molecule has 0 atom stereocenters. The predicted octanol–water partition coefficient (Wildman–Crippen LogP) is 1.58. The molecular formula is C18H23N7O2. The molecule has 142 valence electrons. The highest BCUT2D eigenvalue weighted by Crippen LogP contribution is 2.25. The van der Waals surface area contributed by atoms with Gasteiger partial charge in [0.05, 0.1) is 0 Å². The van der Waals surface area contributed by atoms with Crippen LogP contribution >= 0.6 is 0 Å². The summed E-state index contributed by atoms with van der Waals surface area (Å²) < 4.78 is 6.89. The number of oxazole rings is 1. The van der Waals surface area contributed by atoms with Gasteiger partial charge in [-0.3, -0.25) is 4.79 Å². The van der Waals surface area contributed by atoms with Crippen LogP contribution in [-0.2, 0) is 5.41 Å². The zero-order valence-corrected chi connectivity index (χ0v) is 15.9. The highest BCUT2D eigenvalue weighted by Gasteiger charge is 2.29. The van der Waals surface area contributed by atoms with E-state index in [0.29, 0.717) is 24.0 Å². The zero-order valence-electron chi connectivity index (χ0n) is 15.9. The van der Waals surface area contributed by atoms with Crippen molar-refractivity contribution in [3.63, 3.8) is 0 Å². The number of nitrogens with one attached hydrogen (secondary N) is 1. The van der Waals surface area contributed by atoms with E-state index < -0.39 is 0 Å². The number of carbonyl (C=O) groups excluding carboxylic acids is 1. The molecule has 3 aromatic rings. The number of aryl methyl sites for hydroxylation is 1. The molecule has 1 aliphatic rings. The average Bonchev–Trinajstić information content (AvgIpc) is 3.18. The Morgan fingerprint density at radius 3 is 2.74 bits per heavy atom. The molecule has 1 amide bonds. The minimum atomic E-state index is -0.204. The van der Waals surface area contributed by atoms with E-state index in [0.717, 1.165) is 30.4 Å². The second-order valence-corrected chi connectivity index (χ2v) is 7.97. The average molecular weight is 369 g/mol. The van der Waals surface area contributed by atoms with E-state index in [2.05, 4.69) is 46.2 Å². The zero-order chi connectivity index (χ0) is 19.2. The fourth-order valence-electron chi connectivity index (χ4n) is 3.10. The Bertz CT molecular complexity index is 979. The van der Waals surface area contributed by atoms with Gasteiger partial charge in [0.25, 0.3) is 5.91 Å². The van der Waals surface area contributed by atoms with Crippen LogP contribution in [0.1, 0.15) is 43.0 Å². The first kappa shape index (κ1) is 17.4. The number of hydrogen-bond acceptors (Lipinski definition) is 7. The maximum atomic E-state index is 12.0. The van der Waals surface area contributed by atoms with Crippen molar-refractivity contribution >= 4 is 17.4 Å². The van der Waals surface area contributed by atoms with Gasteiger partial charge in [-0.05, 0) is 12.1 Å². The van der Waals surface area contributed by atoms with E-state index in [4.69, 9.17) is 9.52 Å².